The Morgan fingerprint density at radius 2 is 2.05 bits per heavy atom. The van der Waals surface area contributed by atoms with Gasteiger partial charge in [-0.15, -0.1) is 0 Å². The molecule has 0 aromatic heterocycles. The summed E-state index contributed by atoms with van der Waals surface area (Å²) in [6.45, 7) is 5.19. The van der Waals surface area contributed by atoms with E-state index in [1.807, 2.05) is 0 Å². The lowest BCUT2D eigenvalue weighted by Gasteiger charge is -2.35. The highest BCUT2D eigenvalue weighted by Crippen LogP contribution is 2.35. The minimum Gasteiger partial charge on any atom is -0.337 e. The third-order valence-corrected chi connectivity index (χ3v) is 5.22. The van der Waals surface area contributed by atoms with Gasteiger partial charge >= 0.3 is 0 Å². The Balaban J connectivity index is 1.98. The summed E-state index contributed by atoms with van der Waals surface area (Å²) < 4.78 is 0. The molecule has 3 heteroatoms. The Hall–Kier alpha value is -0.570. The van der Waals surface area contributed by atoms with Crippen molar-refractivity contribution in [2.75, 3.05) is 6.54 Å². The first-order valence-corrected chi connectivity index (χ1v) is 8.19. The molecule has 0 radical (unpaired) electrons. The zero-order valence-electron chi connectivity index (χ0n) is 12.6. The summed E-state index contributed by atoms with van der Waals surface area (Å²) in [5.41, 5.74) is 5.67. The summed E-state index contributed by atoms with van der Waals surface area (Å²) in [5.74, 6) is 1.41. The first-order valence-electron chi connectivity index (χ1n) is 8.19. The van der Waals surface area contributed by atoms with Gasteiger partial charge in [-0.2, -0.15) is 0 Å². The van der Waals surface area contributed by atoms with Crippen LogP contribution in [0.3, 0.4) is 0 Å². The SMILES string of the molecule is CCC1CCC(C)N1C(=O)C1CCCC(CCN)C1. The maximum atomic E-state index is 12.8. The Morgan fingerprint density at radius 3 is 2.74 bits per heavy atom. The summed E-state index contributed by atoms with van der Waals surface area (Å²) in [7, 11) is 0. The van der Waals surface area contributed by atoms with E-state index >= 15 is 0 Å². The van der Waals surface area contributed by atoms with E-state index in [2.05, 4.69) is 18.7 Å². The van der Waals surface area contributed by atoms with Crippen molar-refractivity contribution in [2.24, 2.45) is 17.6 Å². The molecule has 0 aromatic rings. The molecule has 0 aromatic carbocycles. The molecule has 2 aliphatic rings. The highest BCUT2D eigenvalue weighted by molar-refractivity contribution is 5.80. The Labute approximate surface area is 117 Å². The third-order valence-electron chi connectivity index (χ3n) is 5.22. The zero-order valence-corrected chi connectivity index (χ0v) is 12.6. The summed E-state index contributed by atoms with van der Waals surface area (Å²) in [6.07, 6.45) is 9.24. The van der Waals surface area contributed by atoms with Crippen LogP contribution in [0.2, 0.25) is 0 Å². The molecule has 2 fully saturated rings. The van der Waals surface area contributed by atoms with Gasteiger partial charge in [0.1, 0.15) is 0 Å². The van der Waals surface area contributed by atoms with Crippen molar-refractivity contribution in [3.8, 4) is 0 Å². The summed E-state index contributed by atoms with van der Waals surface area (Å²) >= 11 is 0. The van der Waals surface area contributed by atoms with Crippen LogP contribution >= 0.6 is 0 Å². The number of rotatable bonds is 4. The number of amides is 1. The minimum absolute atomic E-state index is 0.278. The molecule has 1 aliphatic carbocycles. The molecule has 0 spiro atoms. The van der Waals surface area contributed by atoms with Crippen molar-refractivity contribution in [1.29, 1.82) is 0 Å². The number of nitrogens with zero attached hydrogens (tertiary/aromatic N) is 1. The molecule has 4 atom stereocenters. The van der Waals surface area contributed by atoms with E-state index in [0.29, 0.717) is 23.9 Å². The Bertz CT molecular complexity index is 303. The highest BCUT2D eigenvalue weighted by Gasteiger charge is 2.37. The van der Waals surface area contributed by atoms with Crippen LogP contribution in [0, 0.1) is 11.8 Å². The Kier molecular flexibility index (Phi) is 5.26. The maximum absolute atomic E-state index is 12.8. The minimum atomic E-state index is 0.278. The normalized spacial score (nSPS) is 35.6. The average molecular weight is 266 g/mol. The molecule has 110 valence electrons. The van der Waals surface area contributed by atoms with Crippen molar-refractivity contribution >= 4 is 5.91 Å². The number of carbonyl (C=O) groups excluding carboxylic acids is 1. The van der Waals surface area contributed by atoms with Gasteiger partial charge in [-0.05, 0) is 57.9 Å². The molecular weight excluding hydrogens is 236 g/mol. The van der Waals surface area contributed by atoms with Crippen molar-refractivity contribution in [3.05, 3.63) is 0 Å². The van der Waals surface area contributed by atoms with Gasteiger partial charge in [0.15, 0.2) is 0 Å². The van der Waals surface area contributed by atoms with Crippen LogP contribution in [0.5, 0.6) is 0 Å². The summed E-state index contributed by atoms with van der Waals surface area (Å²) in [5, 5.41) is 0. The summed E-state index contributed by atoms with van der Waals surface area (Å²) in [4.78, 5) is 15.0. The lowest BCUT2D eigenvalue weighted by molar-refractivity contribution is -0.139. The van der Waals surface area contributed by atoms with Crippen LogP contribution in [0.25, 0.3) is 0 Å². The van der Waals surface area contributed by atoms with Crippen LogP contribution in [0.1, 0.15) is 65.2 Å². The standard InChI is InChI=1S/C16H30N2O/c1-3-15-8-7-12(2)18(15)16(19)14-6-4-5-13(11-14)9-10-17/h12-15H,3-11,17H2,1-2H3. The smallest absolute Gasteiger partial charge is 0.226 e. The molecule has 1 saturated carbocycles. The zero-order chi connectivity index (χ0) is 13.8. The van der Waals surface area contributed by atoms with Crippen LogP contribution < -0.4 is 5.73 Å². The average Bonchev–Trinajstić information content (AvgIpc) is 2.80. The van der Waals surface area contributed by atoms with Gasteiger partial charge in [-0.25, -0.2) is 0 Å². The van der Waals surface area contributed by atoms with Crippen molar-refractivity contribution in [2.45, 2.75) is 77.3 Å². The second-order valence-electron chi connectivity index (χ2n) is 6.54. The highest BCUT2D eigenvalue weighted by atomic mass is 16.2. The summed E-state index contributed by atoms with van der Waals surface area (Å²) in [6, 6.07) is 0.949. The fourth-order valence-corrected chi connectivity index (χ4v) is 4.09. The second-order valence-corrected chi connectivity index (χ2v) is 6.54. The van der Waals surface area contributed by atoms with Crippen molar-refractivity contribution < 1.29 is 4.79 Å². The van der Waals surface area contributed by atoms with Crippen LogP contribution in [-0.4, -0.2) is 29.4 Å². The number of nitrogens with two attached hydrogens (primary N) is 1. The van der Waals surface area contributed by atoms with E-state index in [1.54, 1.807) is 0 Å². The first kappa shape index (κ1) is 14.8. The second kappa shape index (κ2) is 6.74. The lowest BCUT2D eigenvalue weighted by atomic mass is 9.79. The quantitative estimate of drug-likeness (QED) is 0.850. The van der Waals surface area contributed by atoms with Gasteiger partial charge < -0.3 is 10.6 Å². The lowest BCUT2D eigenvalue weighted by Crippen LogP contribution is -2.44. The fourth-order valence-electron chi connectivity index (χ4n) is 4.09. The molecule has 0 bridgehead atoms. The van der Waals surface area contributed by atoms with Gasteiger partial charge in [-0.3, -0.25) is 4.79 Å². The largest absolute Gasteiger partial charge is 0.337 e. The molecule has 3 nitrogen and oxygen atoms in total. The van der Waals surface area contributed by atoms with E-state index < -0.39 is 0 Å². The van der Waals surface area contributed by atoms with Gasteiger partial charge in [0.05, 0.1) is 0 Å². The monoisotopic (exact) mass is 266 g/mol. The first-order chi connectivity index (χ1) is 9.17. The van der Waals surface area contributed by atoms with E-state index in [0.717, 1.165) is 32.2 Å². The van der Waals surface area contributed by atoms with Crippen LogP contribution in [0.4, 0.5) is 0 Å². The van der Waals surface area contributed by atoms with E-state index in [1.165, 1.54) is 25.7 Å². The number of hydrogen-bond acceptors (Lipinski definition) is 2. The molecule has 1 saturated heterocycles. The van der Waals surface area contributed by atoms with Crippen LogP contribution in [0.15, 0.2) is 0 Å². The molecule has 4 unspecified atom stereocenters. The van der Waals surface area contributed by atoms with Gasteiger partial charge in [-0.1, -0.05) is 19.8 Å². The molecule has 1 heterocycles. The maximum Gasteiger partial charge on any atom is 0.226 e. The molecule has 1 amide bonds. The Morgan fingerprint density at radius 1 is 1.26 bits per heavy atom. The van der Waals surface area contributed by atoms with E-state index in [4.69, 9.17) is 5.73 Å². The molecule has 2 rings (SSSR count). The predicted octanol–water partition coefficient (Wildman–Crippen LogP) is 2.93. The number of likely N-dealkylation sites (tertiary alicyclic amines) is 1. The van der Waals surface area contributed by atoms with Gasteiger partial charge in [0, 0.05) is 18.0 Å². The van der Waals surface area contributed by atoms with Crippen LogP contribution in [-0.2, 0) is 4.79 Å². The third kappa shape index (κ3) is 3.31. The predicted molar refractivity (Wildman–Crippen MR) is 78.7 cm³/mol. The molecule has 1 aliphatic heterocycles. The molecule has 19 heavy (non-hydrogen) atoms. The van der Waals surface area contributed by atoms with Gasteiger partial charge in [0.2, 0.25) is 5.91 Å². The molecular formula is C16H30N2O. The fraction of sp³-hybridized carbons (Fsp3) is 0.938. The van der Waals surface area contributed by atoms with Crippen molar-refractivity contribution in [3.63, 3.8) is 0 Å². The topological polar surface area (TPSA) is 46.3 Å². The van der Waals surface area contributed by atoms with E-state index in [-0.39, 0.29) is 5.92 Å². The number of carbonyl (C=O) groups is 1. The van der Waals surface area contributed by atoms with Crippen molar-refractivity contribution in [1.82, 2.24) is 4.90 Å². The number of hydrogen-bond donors (Lipinski definition) is 1. The van der Waals surface area contributed by atoms with Gasteiger partial charge in [0.25, 0.3) is 0 Å². The molecule has 2 N–H and O–H groups in total. The van der Waals surface area contributed by atoms with E-state index in [9.17, 15) is 4.79 Å².